The number of aliphatic carboxylic acids is 1. The summed E-state index contributed by atoms with van der Waals surface area (Å²) in [5.74, 6) is 1.69. The quantitative estimate of drug-likeness (QED) is 0.846. The van der Waals surface area contributed by atoms with E-state index in [1.54, 1.807) is 0 Å². The van der Waals surface area contributed by atoms with Gasteiger partial charge in [-0.1, -0.05) is 0 Å². The SMILES string of the molecule is CC(C)N(CCC(=O)O)C1CCOC2(CCSCC2)C1. The molecule has 5 heteroatoms. The van der Waals surface area contributed by atoms with Crippen LogP contribution in [-0.2, 0) is 9.53 Å². The van der Waals surface area contributed by atoms with Gasteiger partial charge >= 0.3 is 5.97 Å². The lowest BCUT2D eigenvalue weighted by atomic mass is 9.84. The number of hydrogen-bond acceptors (Lipinski definition) is 4. The molecule has 0 radical (unpaired) electrons. The highest BCUT2D eigenvalue weighted by atomic mass is 32.2. The van der Waals surface area contributed by atoms with Crippen LogP contribution in [0.3, 0.4) is 0 Å². The van der Waals surface area contributed by atoms with E-state index in [0.29, 0.717) is 18.6 Å². The van der Waals surface area contributed by atoms with E-state index in [1.807, 2.05) is 11.8 Å². The number of thioether (sulfide) groups is 1. The third kappa shape index (κ3) is 4.12. The van der Waals surface area contributed by atoms with Crippen LogP contribution in [0.5, 0.6) is 0 Å². The van der Waals surface area contributed by atoms with Crippen LogP contribution in [0.1, 0.15) is 46.0 Å². The Hall–Kier alpha value is -0.260. The standard InChI is InChI=1S/C15H27NO3S/c1-12(2)16(7-3-14(17)18)13-4-8-19-15(11-13)5-9-20-10-6-15/h12-13H,3-11H2,1-2H3,(H,17,18). The third-order valence-electron chi connectivity index (χ3n) is 4.59. The van der Waals surface area contributed by atoms with E-state index in [9.17, 15) is 4.79 Å². The van der Waals surface area contributed by atoms with Crippen molar-refractivity contribution in [3.8, 4) is 0 Å². The zero-order valence-corrected chi connectivity index (χ0v) is 13.5. The summed E-state index contributed by atoms with van der Waals surface area (Å²) in [4.78, 5) is 13.2. The molecule has 20 heavy (non-hydrogen) atoms. The van der Waals surface area contributed by atoms with Gasteiger partial charge in [0.2, 0.25) is 0 Å². The van der Waals surface area contributed by atoms with Gasteiger partial charge in [-0.15, -0.1) is 0 Å². The number of carboxylic acids is 1. The Morgan fingerprint density at radius 3 is 2.75 bits per heavy atom. The first-order valence-corrected chi connectivity index (χ1v) is 8.87. The first-order chi connectivity index (χ1) is 9.52. The lowest BCUT2D eigenvalue weighted by Gasteiger charge is -2.47. The zero-order valence-electron chi connectivity index (χ0n) is 12.6. The highest BCUT2D eigenvalue weighted by Gasteiger charge is 2.40. The van der Waals surface area contributed by atoms with Crippen LogP contribution in [0.2, 0.25) is 0 Å². The zero-order chi connectivity index (χ0) is 14.6. The summed E-state index contributed by atoms with van der Waals surface area (Å²) in [6.45, 7) is 5.82. The molecule has 0 bridgehead atoms. The summed E-state index contributed by atoms with van der Waals surface area (Å²) in [7, 11) is 0. The Balaban J connectivity index is 1.98. The van der Waals surface area contributed by atoms with E-state index in [0.717, 1.165) is 32.3 Å². The Morgan fingerprint density at radius 1 is 1.45 bits per heavy atom. The van der Waals surface area contributed by atoms with Crippen molar-refractivity contribution in [1.82, 2.24) is 4.90 Å². The fourth-order valence-corrected chi connectivity index (χ4v) is 4.70. The second-order valence-corrected chi connectivity index (χ2v) is 7.49. The van der Waals surface area contributed by atoms with Gasteiger partial charge in [0.05, 0.1) is 12.0 Å². The number of hydrogen-bond donors (Lipinski definition) is 1. The minimum absolute atomic E-state index is 0.0739. The summed E-state index contributed by atoms with van der Waals surface area (Å²) in [5.41, 5.74) is 0.0739. The van der Waals surface area contributed by atoms with Gasteiger partial charge in [-0.2, -0.15) is 11.8 Å². The molecular weight excluding hydrogens is 274 g/mol. The summed E-state index contributed by atoms with van der Waals surface area (Å²) in [5, 5.41) is 8.93. The Kier molecular flexibility index (Phi) is 5.75. The minimum atomic E-state index is -0.702. The largest absolute Gasteiger partial charge is 0.481 e. The van der Waals surface area contributed by atoms with Crippen molar-refractivity contribution in [3.63, 3.8) is 0 Å². The smallest absolute Gasteiger partial charge is 0.304 e. The topological polar surface area (TPSA) is 49.8 Å². The molecule has 1 atom stereocenters. The maximum atomic E-state index is 10.9. The molecule has 4 nitrogen and oxygen atoms in total. The van der Waals surface area contributed by atoms with Crippen molar-refractivity contribution in [3.05, 3.63) is 0 Å². The van der Waals surface area contributed by atoms with E-state index in [2.05, 4.69) is 18.7 Å². The summed E-state index contributed by atoms with van der Waals surface area (Å²) < 4.78 is 6.14. The van der Waals surface area contributed by atoms with Gasteiger partial charge in [0, 0.05) is 25.2 Å². The molecule has 2 rings (SSSR count). The van der Waals surface area contributed by atoms with Gasteiger partial charge in [-0.05, 0) is 51.0 Å². The molecule has 0 aromatic heterocycles. The van der Waals surface area contributed by atoms with Crippen molar-refractivity contribution in [2.45, 2.75) is 63.6 Å². The first-order valence-electron chi connectivity index (χ1n) is 7.72. The lowest BCUT2D eigenvalue weighted by molar-refractivity contribution is -0.138. The molecule has 0 saturated carbocycles. The summed E-state index contributed by atoms with van der Waals surface area (Å²) >= 11 is 2.02. The molecule has 1 spiro atoms. The third-order valence-corrected chi connectivity index (χ3v) is 5.57. The average Bonchev–Trinajstić information content (AvgIpc) is 2.39. The van der Waals surface area contributed by atoms with Crippen molar-refractivity contribution in [1.29, 1.82) is 0 Å². The van der Waals surface area contributed by atoms with Crippen LogP contribution in [0.15, 0.2) is 0 Å². The van der Waals surface area contributed by atoms with Gasteiger partial charge < -0.3 is 9.84 Å². The van der Waals surface area contributed by atoms with Crippen LogP contribution in [0, 0.1) is 0 Å². The van der Waals surface area contributed by atoms with E-state index in [-0.39, 0.29) is 12.0 Å². The molecule has 2 saturated heterocycles. The van der Waals surface area contributed by atoms with Gasteiger partial charge in [0.15, 0.2) is 0 Å². The van der Waals surface area contributed by atoms with E-state index >= 15 is 0 Å². The molecule has 116 valence electrons. The van der Waals surface area contributed by atoms with Crippen molar-refractivity contribution in [2.75, 3.05) is 24.7 Å². The first kappa shape index (κ1) is 16.1. The van der Waals surface area contributed by atoms with Crippen molar-refractivity contribution in [2.24, 2.45) is 0 Å². The Labute approximate surface area is 126 Å². The number of carbonyl (C=O) groups is 1. The number of ether oxygens (including phenoxy) is 1. The second kappa shape index (κ2) is 7.14. The highest BCUT2D eigenvalue weighted by Crippen LogP contribution is 2.39. The van der Waals surface area contributed by atoms with Gasteiger partial charge in [0.25, 0.3) is 0 Å². The van der Waals surface area contributed by atoms with Gasteiger partial charge in [-0.25, -0.2) is 0 Å². The Morgan fingerprint density at radius 2 is 2.15 bits per heavy atom. The summed E-state index contributed by atoms with van der Waals surface area (Å²) in [6, 6.07) is 0.874. The van der Waals surface area contributed by atoms with Crippen LogP contribution >= 0.6 is 11.8 Å². The number of carboxylic acid groups (broad SMARTS) is 1. The monoisotopic (exact) mass is 301 g/mol. The molecule has 2 aliphatic heterocycles. The molecule has 2 aliphatic rings. The Bertz CT molecular complexity index is 324. The van der Waals surface area contributed by atoms with Gasteiger partial charge in [-0.3, -0.25) is 9.69 Å². The van der Waals surface area contributed by atoms with Gasteiger partial charge in [0.1, 0.15) is 0 Å². The molecule has 2 fully saturated rings. The molecule has 1 N–H and O–H groups in total. The van der Waals surface area contributed by atoms with E-state index < -0.39 is 5.97 Å². The number of nitrogens with zero attached hydrogens (tertiary/aromatic N) is 1. The van der Waals surface area contributed by atoms with E-state index in [1.165, 1.54) is 11.5 Å². The van der Waals surface area contributed by atoms with Crippen molar-refractivity contribution < 1.29 is 14.6 Å². The second-order valence-electron chi connectivity index (χ2n) is 6.27. The normalized spacial score (nSPS) is 26.3. The van der Waals surface area contributed by atoms with E-state index in [4.69, 9.17) is 9.84 Å². The van der Waals surface area contributed by atoms with Crippen LogP contribution in [0.4, 0.5) is 0 Å². The maximum absolute atomic E-state index is 10.9. The predicted octanol–water partition coefficient (Wildman–Crippen LogP) is 2.62. The van der Waals surface area contributed by atoms with Crippen LogP contribution < -0.4 is 0 Å². The van der Waals surface area contributed by atoms with Crippen LogP contribution in [0.25, 0.3) is 0 Å². The molecule has 0 aromatic carbocycles. The fourth-order valence-electron chi connectivity index (χ4n) is 3.46. The van der Waals surface area contributed by atoms with Crippen molar-refractivity contribution >= 4 is 17.7 Å². The highest BCUT2D eigenvalue weighted by molar-refractivity contribution is 7.99. The average molecular weight is 301 g/mol. The molecular formula is C15H27NO3S. The summed E-state index contributed by atoms with van der Waals surface area (Å²) in [6.07, 6.45) is 4.65. The molecule has 1 unspecified atom stereocenters. The maximum Gasteiger partial charge on any atom is 0.304 e. The lowest BCUT2D eigenvalue weighted by Crippen LogP contribution is -2.52. The van der Waals surface area contributed by atoms with Crippen LogP contribution in [-0.4, -0.2) is 58.3 Å². The fraction of sp³-hybridized carbons (Fsp3) is 0.933. The molecule has 0 aliphatic carbocycles. The predicted molar refractivity (Wildman–Crippen MR) is 82.4 cm³/mol. The molecule has 2 heterocycles. The minimum Gasteiger partial charge on any atom is -0.481 e. The number of rotatable bonds is 5. The molecule has 0 amide bonds. The molecule has 0 aromatic rings.